The first-order valence-corrected chi connectivity index (χ1v) is 9.03. The third-order valence-electron chi connectivity index (χ3n) is 3.60. The molecule has 0 spiro atoms. The van der Waals surface area contributed by atoms with Crippen molar-refractivity contribution < 1.29 is 9.90 Å². The van der Waals surface area contributed by atoms with Crippen molar-refractivity contribution in [1.29, 1.82) is 0 Å². The number of H-pyrrole nitrogens is 1. The molecule has 28 heavy (non-hydrogen) atoms. The van der Waals surface area contributed by atoms with Gasteiger partial charge >= 0.3 is 11.7 Å². The predicted octanol–water partition coefficient (Wildman–Crippen LogP) is 1.99. The quantitative estimate of drug-likeness (QED) is 0.253. The summed E-state index contributed by atoms with van der Waals surface area (Å²) >= 11 is 2.10. The van der Waals surface area contributed by atoms with Crippen LogP contribution in [0.5, 0.6) is 5.88 Å². The summed E-state index contributed by atoms with van der Waals surface area (Å²) < 4.78 is 1.87. The summed E-state index contributed by atoms with van der Waals surface area (Å²) in [5, 5.41) is 16.6. The van der Waals surface area contributed by atoms with E-state index < -0.39 is 23.2 Å². The average molecular weight is 491 g/mol. The number of urea groups is 1. The maximum Gasteiger partial charge on any atom is 0.339 e. The number of amides is 2. The van der Waals surface area contributed by atoms with Crippen LogP contribution in [-0.2, 0) is 0 Å². The number of carbonyl (C=O) groups is 1. The Bertz CT molecular complexity index is 1140. The SMILES string of the molecule is O=C(N/N=C/c1c(O)n(-c2ccc(I)cc2)c(=O)[nH]c1=O)Nc1ccccc1. The molecular weight excluding hydrogens is 477 g/mol. The molecule has 9 nitrogen and oxygen atoms in total. The van der Waals surface area contributed by atoms with Crippen molar-refractivity contribution in [2.75, 3.05) is 5.32 Å². The largest absolute Gasteiger partial charge is 0.493 e. The number of anilines is 1. The lowest BCUT2D eigenvalue weighted by Crippen LogP contribution is -2.32. The zero-order chi connectivity index (χ0) is 20.1. The van der Waals surface area contributed by atoms with Crippen molar-refractivity contribution in [2.45, 2.75) is 0 Å². The number of hydrogen-bond donors (Lipinski definition) is 4. The van der Waals surface area contributed by atoms with Crippen molar-refractivity contribution in [3.8, 4) is 11.6 Å². The molecule has 3 rings (SSSR count). The minimum absolute atomic E-state index is 0.279. The van der Waals surface area contributed by atoms with Crippen LogP contribution in [0.3, 0.4) is 0 Å². The zero-order valence-electron chi connectivity index (χ0n) is 14.2. The summed E-state index contributed by atoms with van der Waals surface area (Å²) in [4.78, 5) is 38.0. The Morgan fingerprint density at radius 1 is 1.11 bits per heavy atom. The van der Waals surface area contributed by atoms with E-state index in [4.69, 9.17) is 0 Å². The minimum atomic E-state index is -0.835. The summed E-state index contributed by atoms with van der Waals surface area (Å²) in [6.45, 7) is 0. The van der Waals surface area contributed by atoms with Gasteiger partial charge in [0.1, 0.15) is 5.56 Å². The Hall–Kier alpha value is -3.41. The lowest BCUT2D eigenvalue weighted by atomic mass is 10.3. The first-order chi connectivity index (χ1) is 13.5. The van der Waals surface area contributed by atoms with Gasteiger partial charge < -0.3 is 10.4 Å². The van der Waals surface area contributed by atoms with Crippen LogP contribution in [0.1, 0.15) is 5.56 Å². The van der Waals surface area contributed by atoms with Crippen molar-refractivity contribution in [3.63, 3.8) is 0 Å². The highest BCUT2D eigenvalue weighted by molar-refractivity contribution is 14.1. The van der Waals surface area contributed by atoms with E-state index in [0.29, 0.717) is 11.4 Å². The molecule has 0 unspecified atom stereocenters. The summed E-state index contributed by atoms with van der Waals surface area (Å²) in [7, 11) is 0. The Morgan fingerprint density at radius 2 is 1.79 bits per heavy atom. The van der Waals surface area contributed by atoms with Gasteiger partial charge in [-0.05, 0) is 59.0 Å². The summed E-state index contributed by atoms with van der Waals surface area (Å²) in [5.41, 5.74) is 1.20. The highest BCUT2D eigenvalue weighted by Gasteiger charge is 2.14. The van der Waals surface area contributed by atoms with Gasteiger partial charge in [0.2, 0.25) is 5.88 Å². The zero-order valence-corrected chi connectivity index (χ0v) is 16.4. The fraction of sp³-hybridized carbons (Fsp3) is 0. The number of hydrogen-bond acceptors (Lipinski definition) is 5. The van der Waals surface area contributed by atoms with E-state index in [1.165, 1.54) is 0 Å². The molecule has 0 radical (unpaired) electrons. The van der Waals surface area contributed by atoms with E-state index in [0.717, 1.165) is 14.4 Å². The van der Waals surface area contributed by atoms with Crippen molar-refractivity contribution in [1.82, 2.24) is 15.0 Å². The number of nitrogens with one attached hydrogen (secondary N) is 3. The number of nitrogens with zero attached hydrogens (tertiary/aromatic N) is 2. The third kappa shape index (κ3) is 4.46. The molecule has 0 saturated carbocycles. The molecule has 2 amide bonds. The van der Waals surface area contributed by atoms with Gasteiger partial charge in [-0.3, -0.25) is 9.78 Å². The fourth-order valence-electron chi connectivity index (χ4n) is 2.32. The van der Waals surface area contributed by atoms with Crippen LogP contribution in [-0.4, -0.2) is 26.9 Å². The minimum Gasteiger partial charge on any atom is -0.493 e. The normalized spacial score (nSPS) is 10.8. The van der Waals surface area contributed by atoms with E-state index in [2.05, 4.69) is 43.4 Å². The van der Waals surface area contributed by atoms with E-state index in [1.807, 2.05) is 0 Å². The van der Waals surface area contributed by atoms with Gasteiger partial charge in [0.15, 0.2) is 0 Å². The molecule has 4 N–H and O–H groups in total. The molecule has 0 aliphatic rings. The van der Waals surface area contributed by atoms with Gasteiger partial charge in [-0.25, -0.2) is 19.6 Å². The molecule has 0 saturated heterocycles. The van der Waals surface area contributed by atoms with Crippen molar-refractivity contribution >= 4 is 40.5 Å². The number of rotatable bonds is 4. The molecule has 142 valence electrons. The Balaban J connectivity index is 1.84. The molecular formula is C18H14IN5O4. The van der Waals surface area contributed by atoms with Gasteiger partial charge in [0.25, 0.3) is 5.56 Å². The second kappa shape index (κ2) is 8.52. The van der Waals surface area contributed by atoms with Crippen LogP contribution in [0, 0.1) is 3.57 Å². The second-order valence-electron chi connectivity index (χ2n) is 5.50. The Morgan fingerprint density at radius 3 is 2.46 bits per heavy atom. The molecule has 1 heterocycles. The van der Waals surface area contributed by atoms with Crippen molar-refractivity contribution in [3.05, 3.63) is 84.6 Å². The molecule has 3 aromatic rings. The average Bonchev–Trinajstić information content (AvgIpc) is 2.66. The molecule has 0 aliphatic heterocycles. The van der Waals surface area contributed by atoms with E-state index >= 15 is 0 Å². The first kappa shape index (κ1) is 19.4. The molecule has 0 bridgehead atoms. The summed E-state index contributed by atoms with van der Waals surface area (Å²) in [6.07, 6.45) is 0.960. The van der Waals surface area contributed by atoms with Gasteiger partial charge in [0.05, 0.1) is 11.9 Å². The van der Waals surface area contributed by atoms with Gasteiger partial charge in [0, 0.05) is 9.26 Å². The number of para-hydroxylation sites is 1. The monoisotopic (exact) mass is 491 g/mol. The van der Waals surface area contributed by atoms with Crippen LogP contribution >= 0.6 is 22.6 Å². The van der Waals surface area contributed by atoms with Crippen molar-refractivity contribution in [2.24, 2.45) is 5.10 Å². The predicted molar refractivity (Wildman–Crippen MR) is 113 cm³/mol. The molecule has 2 aromatic carbocycles. The second-order valence-corrected chi connectivity index (χ2v) is 6.74. The number of aromatic nitrogens is 2. The number of hydrazone groups is 1. The van der Waals surface area contributed by atoms with Gasteiger partial charge in [-0.15, -0.1) is 0 Å². The molecule has 0 atom stereocenters. The highest BCUT2D eigenvalue weighted by atomic mass is 127. The lowest BCUT2D eigenvalue weighted by Gasteiger charge is -2.09. The van der Waals surface area contributed by atoms with Gasteiger partial charge in [-0.2, -0.15) is 5.10 Å². The molecule has 0 aliphatic carbocycles. The topological polar surface area (TPSA) is 129 Å². The van der Waals surface area contributed by atoms with Crippen LogP contribution < -0.4 is 22.0 Å². The maximum atomic E-state index is 12.1. The van der Waals surface area contributed by atoms with Gasteiger partial charge in [-0.1, -0.05) is 18.2 Å². The molecule has 0 fully saturated rings. The standard InChI is InChI=1S/C18H14IN5O4/c19-11-6-8-13(9-7-11)24-16(26)14(15(25)22-18(24)28)10-20-23-17(27)21-12-4-2-1-3-5-12/h1-10,26H,(H2,21,23,27)(H,22,25,28)/b20-10+. The van der Waals surface area contributed by atoms with Crippen LogP contribution in [0.4, 0.5) is 10.5 Å². The number of benzene rings is 2. The summed E-state index contributed by atoms with van der Waals surface area (Å²) in [6, 6.07) is 14.8. The van der Waals surface area contributed by atoms with E-state index in [-0.39, 0.29) is 5.56 Å². The molecule has 1 aromatic heterocycles. The number of aromatic amines is 1. The van der Waals surface area contributed by atoms with Crippen LogP contribution in [0.2, 0.25) is 0 Å². The Kier molecular flexibility index (Phi) is 5.89. The first-order valence-electron chi connectivity index (χ1n) is 7.95. The summed E-state index contributed by atoms with van der Waals surface area (Å²) in [5.74, 6) is -0.594. The van der Waals surface area contributed by atoms with E-state index in [1.54, 1.807) is 54.6 Å². The third-order valence-corrected chi connectivity index (χ3v) is 4.32. The highest BCUT2D eigenvalue weighted by Crippen LogP contribution is 2.16. The van der Waals surface area contributed by atoms with Crippen LogP contribution in [0.15, 0.2) is 69.3 Å². The fourth-order valence-corrected chi connectivity index (χ4v) is 2.68. The molecule has 10 heteroatoms. The maximum absolute atomic E-state index is 12.1. The smallest absolute Gasteiger partial charge is 0.339 e. The lowest BCUT2D eigenvalue weighted by molar-refractivity contribution is 0.252. The number of halogens is 1. The number of aromatic hydroxyl groups is 1. The number of carbonyl (C=O) groups excluding carboxylic acids is 1. The Labute approximate surface area is 171 Å². The van der Waals surface area contributed by atoms with E-state index in [9.17, 15) is 19.5 Å². The van der Waals surface area contributed by atoms with Crippen LogP contribution in [0.25, 0.3) is 5.69 Å².